The average molecular weight is 282 g/mol. The minimum absolute atomic E-state index is 0. The maximum atomic E-state index is 12.6. The van der Waals surface area contributed by atoms with Crippen LogP contribution in [0.1, 0.15) is 24.0 Å². The van der Waals surface area contributed by atoms with Crippen LogP contribution in [-0.4, -0.2) is 13.2 Å². The highest BCUT2D eigenvalue weighted by Crippen LogP contribution is 2.34. The molecule has 2 N–H and O–H groups in total. The second kappa shape index (κ2) is 5.47. The molecule has 0 unspecified atom stereocenters. The molecular weight excluding hydrogens is 267 g/mol. The number of ether oxygens (including phenoxy) is 1. The Kier molecular flexibility index (Phi) is 4.64. The number of hydrogen-bond acceptors (Lipinski definition) is 2. The third-order valence-corrected chi connectivity index (χ3v) is 3.15. The van der Waals surface area contributed by atoms with Crippen molar-refractivity contribution in [2.45, 2.75) is 24.6 Å². The molecule has 1 fully saturated rings. The average Bonchev–Trinajstić information content (AvgIpc) is 2.29. The van der Waals surface area contributed by atoms with Gasteiger partial charge in [-0.15, -0.1) is 12.4 Å². The van der Waals surface area contributed by atoms with Gasteiger partial charge in [-0.3, -0.25) is 0 Å². The number of benzene rings is 1. The van der Waals surface area contributed by atoms with Crippen LogP contribution in [0.3, 0.4) is 0 Å². The van der Waals surface area contributed by atoms with Crippen molar-refractivity contribution < 1.29 is 17.9 Å². The fraction of sp³-hybridized carbons (Fsp3) is 0.500. The molecule has 2 nitrogen and oxygen atoms in total. The first kappa shape index (κ1) is 15.3. The fourth-order valence-electron chi connectivity index (χ4n) is 2.03. The third kappa shape index (κ3) is 3.16. The molecule has 18 heavy (non-hydrogen) atoms. The SMILES string of the molecule is Cl.NC1(c2cccc(C(F)(F)F)c2)CCOCC1. The van der Waals surface area contributed by atoms with Crippen LogP contribution in [0.25, 0.3) is 0 Å². The van der Waals surface area contributed by atoms with Crippen molar-refractivity contribution in [1.29, 1.82) is 0 Å². The van der Waals surface area contributed by atoms with Crippen molar-refractivity contribution in [2.75, 3.05) is 13.2 Å². The summed E-state index contributed by atoms with van der Waals surface area (Å²) in [6.45, 7) is 0.986. The van der Waals surface area contributed by atoms with Crippen molar-refractivity contribution in [3.8, 4) is 0 Å². The van der Waals surface area contributed by atoms with E-state index in [1.807, 2.05) is 0 Å². The second-order valence-corrected chi connectivity index (χ2v) is 4.35. The minimum Gasteiger partial charge on any atom is -0.381 e. The van der Waals surface area contributed by atoms with Crippen LogP contribution < -0.4 is 5.73 Å². The van der Waals surface area contributed by atoms with Gasteiger partial charge in [-0.05, 0) is 30.5 Å². The van der Waals surface area contributed by atoms with Crippen molar-refractivity contribution in [3.05, 3.63) is 35.4 Å². The molecule has 0 aromatic heterocycles. The molecule has 6 heteroatoms. The van der Waals surface area contributed by atoms with Gasteiger partial charge in [-0.2, -0.15) is 13.2 Å². The summed E-state index contributed by atoms with van der Waals surface area (Å²) < 4.78 is 43.0. The van der Waals surface area contributed by atoms with Gasteiger partial charge in [-0.1, -0.05) is 12.1 Å². The van der Waals surface area contributed by atoms with Crippen molar-refractivity contribution in [3.63, 3.8) is 0 Å². The van der Waals surface area contributed by atoms with Crippen LogP contribution in [0, 0.1) is 0 Å². The highest BCUT2D eigenvalue weighted by atomic mass is 35.5. The van der Waals surface area contributed by atoms with E-state index in [1.54, 1.807) is 6.07 Å². The van der Waals surface area contributed by atoms with E-state index in [0.717, 1.165) is 12.1 Å². The van der Waals surface area contributed by atoms with E-state index in [2.05, 4.69) is 0 Å². The summed E-state index contributed by atoms with van der Waals surface area (Å²) >= 11 is 0. The lowest BCUT2D eigenvalue weighted by atomic mass is 9.83. The Morgan fingerprint density at radius 2 is 1.78 bits per heavy atom. The lowest BCUT2D eigenvalue weighted by molar-refractivity contribution is -0.137. The Labute approximate surface area is 110 Å². The second-order valence-electron chi connectivity index (χ2n) is 4.35. The monoisotopic (exact) mass is 281 g/mol. The molecule has 0 aliphatic carbocycles. The number of halogens is 4. The largest absolute Gasteiger partial charge is 0.416 e. The summed E-state index contributed by atoms with van der Waals surface area (Å²) in [5, 5.41) is 0. The first-order valence-corrected chi connectivity index (χ1v) is 5.46. The zero-order valence-electron chi connectivity index (χ0n) is 9.67. The van der Waals surface area contributed by atoms with Crippen LogP contribution >= 0.6 is 12.4 Å². The predicted octanol–water partition coefficient (Wildman–Crippen LogP) is 3.09. The Bertz CT molecular complexity index is 403. The Balaban J connectivity index is 0.00000162. The maximum Gasteiger partial charge on any atom is 0.416 e. The lowest BCUT2D eigenvalue weighted by Crippen LogP contribution is -2.42. The normalized spacial score (nSPS) is 19.1. The van der Waals surface area contributed by atoms with Crippen molar-refractivity contribution in [1.82, 2.24) is 0 Å². The molecule has 0 radical (unpaired) electrons. The zero-order valence-corrected chi connectivity index (χ0v) is 10.5. The zero-order chi connectivity index (χ0) is 12.5. The lowest BCUT2D eigenvalue weighted by Gasteiger charge is -2.34. The van der Waals surface area contributed by atoms with Gasteiger partial charge in [0.2, 0.25) is 0 Å². The van der Waals surface area contributed by atoms with Gasteiger partial charge < -0.3 is 10.5 Å². The van der Waals surface area contributed by atoms with E-state index < -0.39 is 17.3 Å². The Hall–Kier alpha value is -0.780. The Morgan fingerprint density at radius 3 is 2.33 bits per heavy atom. The van der Waals surface area contributed by atoms with Crippen molar-refractivity contribution in [2.24, 2.45) is 5.73 Å². The smallest absolute Gasteiger partial charge is 0.381 e. The third-order valence-electron chi connectivity index (χ3n) is 3.15. The van der Waals surface area contributed by atoms with Gasteiger partial charge in [0.05, 0.1) is 5.56 Å². The quantitative estimate of drug-likeness (QED) is 0.858. The van der Waals surface area contributed by atoms with Crippen LogP contribution in [0.15, 0.2) is 24.3 Å². The molecule has 1 aliphatic rings. The standard InChI is InChI=1S/C12H14F3NO.ClH/c13-12(14,15)10-3-1-2-9(8-10)11(16)4-6-17-7-5-11;/h1-3,8H,4-7,16H2;1H. The molecular formula is C12H15ClF3NO. The molecule has 0 bridgehead atoms. The summed E-state index contributed by atoms with van der Waals surface area (Å²) in [4.78, 5) is 0. The maximum absolute atomic E-state index is 12.6. The number of hydrogen-bond donors (Lipinski definition) is 1. The van der Waals surface area contributed by atoms with E-state index in [4.69, 9.17) is 10.5 Å². The van der Waals surface area contributed by atoms with E-state index in [9.17, 15) is 13.2 Å². The van der Waals surface area contributed by atoms with Gasteiger partial charge >= 0.3 is 6.18 Å². The molecule has 0 atom stereocenters. The van der Waals surface area contributed by atoms with E-state index in [-0.39, 0.29) is 12.4 Å². The fourth-order valence-corrected chi connectivity index (χ4v) is 2.03. The van der Waals surface area contributed by atoms with Crippen LogP contribution in [-0.2, 0) is 16.5 Å². The minimum atomic E-state index is -4.32. The molecule has 2 rings (SSSR count). The first-order chi connectivity index (χ1) is 7.92. The van der Waals surface area contributed by atoms with Crippen molar-refractivity contribution >= 4 is 12.4 Å². The number of nitrogens with two attached hydrogens (primary N) is 1. The molecule has 1 aromatic carbocycles. The van der Waals surface area contributed by atoms with E-state index in [1.165, 1.54) is 6.07 Å². The molecule has 1 saturated heterocycles. The van der Waals surface area contributed by atoms with Crippen LogP contribution in [0.5, 0.6) is 0 Å². The summed E-state index contributed by atoms with van der Waals surface area (Å²) in [7, 11) is 0. The molecule has 1 heterocycles. The van der Waals surface area contributed by atoms with E-state index >= 15 is 0 Å². The molecule has 102 valence electrons. The molecule has 0 spiro atoms. The molecule has 1 aromatic rings. The van der Waals surface area contributed by atoms with E-state index in [0.29, 0.717) is 31.6 Å². The first-order valence-electron chi connectivity index (χ1n) is 5.46. The van der Waals surface area contributed by atoms with Gasteiger partial charge in [0.1, 0.15) is 0 Å². The highest BCUT2D eigenvalue weighted by Gasteiger charge is 2.34. The van der Waals surface area contributed by atoms with Gasteiger partial charge in [0.25, 0.3) is 0 Å². The Morgan fingerprint density at radius 1 is 1.17 bits per heavy atom. The summed E-state index contributed by atoms with van der Waals surface area (Å²) in [6.07, 6.45) is -3.22. The van der Waals surface area contributed by atoms with Crippen LogP contribution in [0.2, 0.25) is 0 Å². The van der Waals surface area contributed by atoms with Gasteiger partial charge in [0, 0.05) is 18.8 Å². The van der Waals surface area contributed by atoms with Crippen LogP contribution in [0.4, 0.5) is 13.2 Å². The summed E-state index contributed by atoms with van der Waals surface area (Å²) in [6, 6.07) is 5.26. The van der Waals surface area contributed by atoms with Gasteiger partial charge in [-0.25, -0.2) is 0 Å². The summed E-state index contributed by atoms with van der Waals surface area (Å²) in [5.74, 6) is 0. The molecule has 0 saturated carbocycles. The van der Waals surface area contributed by atoms with Gasteiger partial charge in [0.15, 0.2) is 0 Å². The number of rotatable bonds is 1. The molecule has 1 aliphatic heterocycles. The summed E-state index contributed by atoms with van der Waals surface area (Å²) in [5.41, 5.74) is 5.34. The highest BCUT2D eigenvalue weighted by molar-refractivity contribution is 5.85. The number of alkyl halides is 3. The molecule has 0 amide bonds. The topological polar surface area (TPSA) is 35.2 Å². The predicted molar refractivity (Wildman–Crippen MR) is 64.6 cm³/mol.